The molecule has 110 valence electrons. The average molecular weight is 362 g/mol. The SMILES string of the molecule is O=C(O)[C@@H](Cc1ccc(Cl)c(Cl)c1)Sc1ccc(Cl)cc1. The molecule has 2 rings (SSSR count). The lowest BCUT2D eigenvalue weighted by atomic mass is 10.1. The number of benzene rings is 2. The lowest BCUT2D eigenvalue weighted by molar-refractivity contribution is -0.136. The molecule has 0 aliphatic rings. The summed E-state index contributed by atoms with van der Waals surface area (Å²) >= 11 is 18.9. The fourth-order valence-corrected chi connectivity index (χ4v) is 3.18. The van der Waals surface area contributed by atoms with E-state index >= 15 is 0 Å². The van der Waals surface area contributed by atoms with E-state index in [1.165, 1.54) is 11.8 Å². The third-order valence-corrected chi connectivity index (χ3v) is 4.96. The van der Waals surface area contributed by atoms with Crippen molar-refractivity contribution in [1.29, 1.82) is 0 Å². The van der Waals surface area contributed by atoms with Gasteiger partial charge in [-0.05, 0) is 48.4 Å². The van der Waals surface area contributed by atoms with Crippen molar-refractivity contribution in [2.45, 2.75) is 16.6 Å². The van der Waals surface area contributed by atoms with Gasteiger partial charge >= 0.3 is 5.97 Å². The summed E-state index contributed by atoms with van der Waals surface area (Å²) < 4.78 is 0. The molecule has 0 heterocycles. The second-order valence-corrected chi connectivity index (χ2v) is 6.88. The van der Waals surface area contributed by atoms with Crippen LogP contribution in [0, 0.1) is 0 Å². The molecular formula is C15H11Cl3O2S. The topological polar surface area (TPSA) is 37.3 Å². The van der Waals surface area contributed by atoms with Crippen LogP contribution in [0.5, 0.6) is 0 Å². The smallest absolute Gasteiger partial charge is 0.317 e. The first kappa shape index (κ1) is 16.5. The minimum Gasteiger partial charge on any atom is -0.480 e. The first-order chi connectivity index (χ1) is 9.95. The molecule has 0 amide bonds. The monoisotopic (exact) mass is 360 g/mol. The molecule has 0 unspecified atom stereocenters. The molecule has 0 aromatic heterocycles. The van der Waals surface area contributed by atoms with Gasteiger partial charge in [0, 0.05) is 9.92 Å². The van der Waals surface area contributed by atoms with Gasteiger partial charge in [0.05, 0.1) is 10.0 Å². The first-order valence-electron chi connectivity index (χ1n) is 6.04. The van der Waals surface area contributed by atoms with Gasteiger partial charge in [-0.15, -0.1) is 11.8 Å². The van der Waals surface area contributed by atoms with Crippen LogP contribution in [0.25, 0.3) is 0 Å². The van der Waals surface area contributed by atoms with Gasteiger partial charge in [0.1, 0.15) is 5.25 Å². The van der Waals surface area contributed by atoms with Crippen LogP contribution in [0.4, 0.5) is 0 Å². The summed E-state index contributed by atoms with van der Waals surface area (Å²) in [4.78, 5) is 12.3. The van der Waals surface area contributed by atoms with Gasteiger partial charge in [-0.25, -0.2) is 0 Å². The van der Waals surface area contributed by atoms with Crippen LogP contribution in [0.15, 0.2) is 47.4 Å². The van der Waals surface area contributed by atoms with E-state index in [0.29, 0.717) is 21.5 Å². The number of rotatable bonds is 5. The summed E-state index contributed by atoms with van der Waals surface area (Å²) in [5.41, 5.74) is 0.832. The zero-order valence-corrected chi connectivity index (χ0v) is 13.8. The van der Waals surface area contributed by atoms with Crippen LogP contribution >= 0.6 is 46.6 Å². The second-order valence-electron chi connectivity index (χ2n) is 4.35. The van der Waals surface area contributed by atoms with Crippen molar-refractivity contribution in [3.8, 4) is 0 Å². The Kier molecular flexibility index (Phi) is 5.82. The van der Waals surface area contributed by atoms with E-state index in [0.717, 1.165) is 10.5 Å². The molecule has 0 aliphatic heterocycles. The van der Waals surface area contributed by atoms with Crippen LogP contribution in [0.2, 0.25) is 15.1 Å². The van der Waals surface area contributed by atoms with Crippen LogP contribution in [-0.4, -0.2) is 16.3 Å². The number of carbonyl (C=O) groups is 1. The highest BCUT2D eigenvalue weighted by atomic mass is 35.5. The Morgan fingerprint density at radius 3 is 2.29 bits per heavy atom. The van der Waals surface area contributed by atoms with E-state index < -0.39 is 11.2 Å². The van der Waals surface area contributed by atoms with Crippen molar-refractivity contribution in [1.82, 2.24) is 0 Å². The van der Waals surface area contributed by atoms with E-state index in [1.54, 1.807) is 42.5 Å². The first-order valence-corrected chi connectivity index (χ1v) is 8.06. The van der Waals surface area contributed by atoms with E-state index in [2.05, 4.69) is 0 Å². The fourth-order valence-electron chi connectivity index (χ4n) is 1.74. The zero-order valence-electron chi connectivity index (χ0n) is 10.7. The van der Waals surface area contributed by atoms with Gasteiger partial charge < -0.3 is 5.11 Å². The molecule has 6 heteroatoms. The summed E-state index contributed by atoms with van der Waals surface area (Å²) in [7, 11) is 0. The van der Waals surface area contributed by atoms with E-state index in [-0.39, 0.29) is 0 Å². The molecule has 2 nitrogen and oxygen atoms in total. The minimum atomic E-state index is -0.874. The Bertz CT molecular complexity index is 644. The maximum absolute atomic E-state index is 11.4. The summed E-state index contributed by atoms with van der Waals surface area (Å²) in [5.74, 6) is -0.874. The zero-order chi connectivity index (χ0) is 15.4. The molecule has 21 heavy (non-hydrogen) atoms. The highest BCUT2D eigenvalue weighted by Crippen LogP contribution is 2.29. The van der Waals surface area contributed by atoms with Crippen molar-refractivity contribution in [3.63, 3.8) is 0 Å². The number of thioether (sulfide) groups is 1. The Balaban J connectivity index is 2.13. The number of halogens is 3. The van der Waals surface area contributed by atoms with Crippen molar-refractivity contribution in [3.05, 3.63) is 63.1 Å². The standard InChI is InChI=1S/C15H11Cl3O2S/c16-10-2-4-11(5-3-10)21-14(15(19)20)8-9-1-6-12(17)13(18)7-9/h1-7,14H,8H2,(H,19,20)/t14-/m1/s1. The van der Waals surface area contributed by atoms with Crippen LogP contribution in [-0.2, 0) is 11.2 Å². The second kappa shape index (κ2) is 7.41. The molecule has 2 aromatic rings. The number of carboxylic acid groups (broad SMARTS) is 1. The predicted octanol–water partition coefficient (Wildman–Crippen LogP) is 5.43. The van der Waals surface area contributed by atoms with Gasteiger partial charge in [0.2, 0.25) is 0 Å². The molecule has 0 spiro atoms. The summed E-state index contributed by atoms with van der Waals surface area (Å²) in [6.45, 7) is 0. The van der Waals surface area contributed by atoms with Crippen molar-refractivity contribution in [2.24, 2.45) is 0 Å². The average Bonchev–Trinajstić information content (AvgIpc) is 2.44. The van der Waals surface area contributed by atoms with Crippen LogP contribution in [0.1, 0.15) is 5.56 Å². The maximum Gasteiger partial charge on any atom is 0.317 e. The van der Waals surface area contributed by atoms with Gasteiger partial charge in [-0.3, -0.25) is 4.79 Å². The lowest BCUT2D eigenvalue weighted by Gasteiger charge is -2.12. The van der Waals surface area contributed by atoms with Gasteiger partial charge in [0.25, 0.3) is 0 Å². The number of hydrogen-bond acceptors (Lipinski definition) is 2. The van der Waals surface area contributed by atoms with Crippen molar-refractivity contribution >= 4 is 52.5 Å². The van der Waals surface area contributed by atoms with Gasteiger partial charge in [-0.2, -0.15) is 0 Å². The lowest BCUT2D eigenvalue weighted by Crippen LogP contribution is -2.19. The molecule has 1 N–H and O–H groups in total. The largest absolute Gasteiger partial charge is 0.480 e. The molecule has 0 saturated heterocycles. The summed E-state index contributed by atoms with van der Waals surface area (Å²) in [5, 5.41) is 10.3. The Morgan fingerprint density at radius 2 is 1.71 bits per heavy atom. The Labute approximate surface area is 142 Å². The Morgan fingerprint density at radius 1 is 1.05 bits per heavy atom. The van der Waals surface area contributed by atoms with Crippen molar-refractivity contribution in [2.75, 3.05) is 0 Å². The number of hydrogen-bond donors (Lipinski definition) is 1. The summed E-state index contributed by atoms with van der Waals surface area (Å²) in [6, 6.07) is 12.2. The van der Waals surface area contributed by atoms with E-state index in [9.17, 15) is 9.90 Å². The summed E-state index contributed by atoms with van der Waals surface area (Å²) in [6.07, 6.45) is 0.361. The fraction of sp³-hybridized carbons (Fsp3) is 0.133. The van der Waals surface area contributed by atoms with E-state index in [1.807, 2.05) is 0 Å². The molecule has 1 atom stereocenters. The van der Waals surface area contributed by atoms with Gasteiger partial charge in [-0.1, -0.05) is 40.9 Å². The molecule has 0 fully saturated rings. The predicted molar refractivity (Wildman–Crippen MR) is 88.9 cm³/mol. The van der Waals surface area contributed by atoms with E-state index in [4.69, 9.17) is 34.8 Å². The van der Waals surface area contributed by atoms with Crippen LogP contribution in [0.3, 0.4) is 0 Å². The Hall–Kier alpha value is -0.870. The molecule has 2 aromatic carbocycles. The molecule has 0 bridgehead atoms. The number of carboxylic acids is 1. The van der Waals surface area contributed by atoms with Gasteiger partial charge in [0.15, 0.2) is 0 Å². The molecule has 0 radical (unpaired) electrons. The number of aliphatic carboxylic acids is 1. The van der Waals surface area contributed by atoms with Crippen molar-refractivity contribution < 1.29 is 9.90 Å². The third kappa shape index (κ3) is 4.82. The third-order valence-electron chi connectivity index (χ3n) is 2.77. The molecule has 0 aliphatic carbocycles. The molecular weight excluding hydrogens is 351 g/mol. The quantitative estimate of drug-likeness (QED) is 0.721. The highest BCUT2D eigenvalue weighted by Gasteiger charge is 2.20. The normalized spacial score (nSPS) is 12.1. The maximum atomic E-state index is 11.4. The highest BCUT2D eigenvalue weighted by molar-refractivity contribution is 8.00. The molecule has 0 saturated carbocycles. The van der Waals surface area contributed by atoms with Crippen LogP contribution < -0.4 is 0 Å². The minimum absolute atomic E-state index is 0.361.